The largest absolute Gasteiger partial charge is 0.484 e. The number of carbonyl (C=O) groups excluding carboxylic acids is 1. The Labute approximate surface area is 168 Å². The number of aromatic nitrogens is 2. The lowest BCUT2D eigenvalue weighted by molar-refractivity contribution is 0.0920. The molecule has 1 aromatic carbocycles. The summed E-state index contributed by atoms with van der Waals surface area (Å²) in [5, 5.41) is 7.63. The Morgan fingerprint density at radius 3 is 2.92 bits per heavy atom. The zero-order valence-corrected chi connectivity index (χ0v) is 16.5. The number of benzene rings is 1. The van der Waals surface area contributed by atoms with Crippen molar-refractivity contribution >= 4 is 45.0 Å². The maximum atomic E-state index is 12.1. The van der Waals surface area contributed by atoms with E-state index in [-0.39, 0.29) is 18.3 Å². The minimum absolute atomic E-state index is 0.134. The van der Waals surface area contributed by atoms with E-state index in [4.69, 9.17) is 32.4 Å². The summed E-state index contributed by atoms with van der Waals surface area (Å²) < 4.78 is 13.7. The minimum Gasteiger partial charge on any atom is -0.484 e. The van der Waals surface area contributed by atoms with Gasteiger partial charge in [0.15, 0.2) is 5.76 Å². The maximum absolute atomic E-state index is 12.1. The molecule has 136 valence electrons. The van der Waals surface area contributed by atoms with E-state index in [1.807, 2.05) is 6.20 Å². The average molecular weight is 459 g/mol. The molecule has 26 heavy (non-hydrogen) atoms. The van der Waals surface area contributed by atoms with Crippen LogP contribution in [0.1, 0.15) is 16.3 Å². The normalized spacial score (nSPS) is 10.7. The van der Waals surface area contributed by atoms with Crippen molar-refractivity contribution < 1.29 is 13.9 Å². The van der Waals surface area contributed by atoms with Gasteiger partial charge in [-0.05, 0) is 40.2 Å². The Hall–Kier alpha value is -1.96. The molecule has 0 saturated carbocycles. The molecule has 2 heterocycles. The molecule has 0 aliphatic carbocycles. The molecule has 0 bridgehead atoms. The fourth-order valence-electron chi connectivity index (χ4n) is 2.15. The van der Waals surface area contributed by atoms with Crippen LogP contribution in [0.15, 0.2) is 51.6 Å². The Kier molecular flexibility index (Phi) is 6.24. The van der Waals surface area contributed by atoms with Gasteiger partial charge in [-0.1, -0.05) is 29.3 Å². The van der Waals surface area contributed by atoms with Gasteiger partial charge in [-0.2, -0.15) is 5.10 Å². The molecule has 0 spiro atoms. The van der Waals surface area contributed by atoms with E-state index in [0.29, 0.717) is 34.6 Å². The van der Waals surface area contributed by atoms with Gasteiger partial charge in [0.25, 0.3) is 5.91 Å². The van der Waals surface area contributed by atoms with Gasteiger partial charge in [0.05, 0.1) is 22.2 Å². The highest BCUT2D eigenvalue weighted by Gasteiger charge is 2.12. The second-order valence-corrected chi connectivity index (χ2v) is 6.98. The van der Waals surface area contributed by atoms with Crippen LogP contribution in [0.2, 0.25) is 10.0 Å². The Balaban J connectivity index is 1.50. The zero-order chi connectivity index (χ0) is 18.5. The van der Waals surface area contributed by atoms with Gasteiger partial charge in [-0.25, -0.2) is 0 Å². The SMILES string of the molecule is O=C(NCCn1cc(Br)cn1)c1ccc(COc2cccc(Cl)c2Cl)o1. The molecule has 3 aromatic rings. The second kappa shape index (κ2) is 8.62. The lowest BCUT2D eigenvalue weighted by Crippen LogP contribution is -2.27. The molecule has 9 heteroatoms. The number of nitrogens with zero attached hydrogens (tertiary/aromatic N) is 2. The van der Waals surface area contributed by atoms with Crippen molar-refractivity contribution in [1.29, 1.82) is 0 Å². The van der Waals surface area contributed by atoms with Crippen molar-refractivity contribution in [3.05, 3.63) is 68.8 Å². The standard InChI is InChI=1S/C17H14BrCl2N3O3/c18-11-8-22-23(9-11)7-6-21-17(24)15-5-4-12(26-15)10-25-14-3-1-2-13(19)16(14)20/h1-5,8-9H,6-7,10H2,(H,21,24). The van der Waals surface area contributed by atoms with Crippen LogP contribution >= 0.6 is 39.1 Å². The molecule has 0 saturated heterocycles. The molecule has 1 N–H and O–H groups in total. The van der Waals surface area contributed by atoms with Gasteiger partial charge >= 0.3 is 0 Å². The summed E-state index contributed by atoms with van der Waals surface area (Å²) in [5.41, 5.74) is 0. The first-order chi connectivity index (χ1) is 12.5. The van der Waals surface area contributed by atoms with Crippen LogP contribution in [-0.4, -0.2) is 22.2 Å². The third-order valence-electron chi connectivity index (χ3n) is 3.40. The molecule has 0 unspecified atom stereocenters. The van der Waals surface area contributed by atoms with E-state index >= 15 is 0 Å². The van der Waals surface area contributed by atoms with E-state index in [9.17, 15) is 4.79 Å². The Bertz CT molecular complexity index is 910. The molecule has 6 nitrogen and oxygen atoms in total. The van der Waals surface area contributed by atoms with Crippen LogP contribution in [0.4, 0.5) is 0 Å². The summed E-state index contributed by atoms with van der Waals surface area (Å²) in [4.78, 5) is 12.1. The third kappa shape index (κ3) is 4.81. The lowest BCUT2D eigenvalue weighted by Gasteiger charge is -2.07. The quantitative estimate of drug-likeness (QED) is 0.563. The van der Waals surface area contributed by atoms with E-state index in [1.54, 1.807) is 41.2 Å². The van der Waals surface area contributed by atoms with Gasteiger partial charge in [0.2, 0.25) is 0 Å². The number of ether oxygens (including phenoxy) is 1. The van der Waals surface area contributed by atoms with E-state index in [0.717, 1.165) is 4.47 Å². The summed E-state index contributed by atoms with van der Waals surface area (Å²) in [6.45, 7) is 1.12. The number of halogens is 3. The summed E-state index contributed by atoms with van der Waals surface area (Å²) in [6.07, 6.45) is 3.52. The highest BCUT2D eigenvalue weighted by Crippen LogP contribution is 2.32. The fraction of sp³-hybridized carbons (Fsp3) is 0.176. The van der Waals surface area contributed by atoms with Crippen LogP contribution in [-0.2, 0) is 13.2 Å². The average Bonchev–Trinajstić information content (AvgIpc) is 3.25. The van der Waals surface area contributed by atoms with Crippen molar-refractivity contribution in [2.45, 2.75) is 13.2 Å². The van der Waals surface area contributed by atoms with Gasteiger partial charge in [0, 0.05) is 12.7 Å². The van der Waals surface area contributed by atoms with Crippen molar-refractivity contribution in [3.8, 4) is 5.75 Å². The number of nitrogens with one attached hydrogen (secondary N) is 1. The molecule has 3 rings (SSSR count). The topological polar surface area (TPSA) is 69.3 Å². The molecule has 0 fully saturated rings. The molecule has 2 aromatic heterocycles. The molecular formula is C17H14BrCl2N3O3. The van der Waals surface area contributed by atoms with Gasteiger partial charge in [-0.3, -0.25) is 9.48 Å². The van der Waals surface area contributed by atoms with Crippen molar-refractivity contribution in [3.63, 3.8) is 0 Å². The highest BCUT2D eigenvalue weighted by atomic mass is 79.9. The molecule has 0 atom stereocenters. The van der Waals surface area contributed by atoms with Gasteiger partial charge < -0.3 is 14.5 Å². The number of hydrogen-bond donors (Lipinski definition) is 1. The zero-order valence-electron chi connectivity index (χ0n) is 13.4. The Morgan fingerprint density at radius 2 is 2.15 bits per heavy atom. The van der Waals surface area contributed by atoms with Crippen LogP contribution in [0, 0.1) is 0 Å². The predicted molar refractivity (Wildman–Crippen MR) is 102 cm³/mol. The number of amides is 1. The molecule has 0 aliphatic rings. The number of carbonyl (C=O) groups is 1. The second-order valence-electron chi connectivity index (χ2n) is 5.28. The molecule has 0 aliphatic heterocycles. The number of hydrogen-bond acceptors (Lipinski definition) is 4. The summed E-state index contributed by atoms with van der Waals surface area (Å²) >= 11 is 15.3. The molecular weight excluding hydrogens is 445 g/mol. The first kappa shape index (κ1) is 18.8. The van der Waals surface area contributed by atoms with Gasteiger partial charge in [0.1, 0.15) is 23.1 Å². The van der Waals surface area contributed by atoms with E-state index in [1.165, 1.54) is 0 Å². The molecule has 1 amide bonds. The predicted octanol–water partition coefficient (Wildman–Crippen LogP) is 4.55. The van der Waals surface area contributed by atoms with E-state index in [2.05, 4.69) is 26.3 Å². The smallest absolute Gasteiger partial charge is 0.287 e. The first-order valence-electron chi connectivity index (χ1n) is 7.64. The minimum atomic E-state index is -0.303. The summed E-state index contributed by atoms with van der Waals surface area (Å²) in [7, 11) is 0. The maximum Gasteiger partial charge on any atom is 0.287 e. The van der Waals surface area contributed by atoms with Crippen LogP contribution in [0.3, 0.4) is 0 Å². The van der Waals surface area contributed by atoms with E-state index < -0.39 is 0 Å². The lowest BCUT2D eigenvalue weighted by atomic mass is 10.3. The Morgan fingerprint density at radius 1 is 1.31 bits per heavy atom. The fourth-order valence-corrected chi connectivity index (χ4v) is 2.83. The third-order valence-corrected chi connectivity index (χ3v) is 4.61. The molecule has 0 radical (unpaired) electrons. The van der Waals surface area contributed by atoms with Crippen LogP contribution in [0.25, 0.3) is 0 Å². The van der Waals surface area contributed by atoms with Crippen molar-refractivity contribution in [2.24, 2.45) is 0 Å². The number of rotatable bonds is 7. The van der Waals surface area contributed by atoms with Gasteiger partial charge in [-0.15, -0.1) is 0 Å². The van der Waals surface area contributed by atoms with Crippen LogP contribution in [0.5, 0.6) is 5.75 Å². The van der Waals surface area contributed by atoms with Crippen LogP contribution < -0.4 is 10.1 Å². The van der Waals surface area contributed by atoms with Crippen molar-refractivity contribution in [1.82, 2.24) is 15.1 Å². The number of furan rings is 1. The monoisotopic (exact) mass is 457 g/mol. The van der Waals surface area contributed by atoms with Crippen molar-refractivity contribution in [2.75, 3.05) is 6.54 Å². The summed E-state index contributed by atoms with van der Waals surface area (Å²) in [5.74, 6) is 0.861. The first-order valence-corrected chi connectivity index (χ1v) is 9.19. The highest BCUT2D eigenvalue weighted by molar-refractivity contribution is 9.10. The summed E-state index contributed by atoms with van der Waals surface area (Å²) in [6, 6.07) is 8.39.